The number of nitrogens with one attached hydrogen (secondary N) is 1. The lowest BCUT2D eigenvalue weighted by Crippen LogP contribution is -2.39. The molecular weight excluding hydrogens is 120 g/mol. The molecule has 0 fully saturated rings. The first-order chi connectivity index (χ1) is 4.04. The fourth-order valence-electron chi connectivity index (χ4n) is 0.333. The molecule has 4 nitrogen and oxygen atoms in total. The predicted molar refractivity (Wildman–Crippen MR) is 32.5 cm³/mol. The minimum absolute atomic E-state index is 0.0370. The Morgan fingerprint density at radius 3 is 2.00 bits per heavy atom. The van der Waals surface area contributed by atoms with E-state index in [4.69, 9.17) is 0 Å². The van der Waals surface area contributed by atoms with Crippen LogP contribution < -0.4 is 11.1 Å². The van der Waals surface area contributed by atoms with Gasteiger partial charge in [0.15, 0.2) is 0 Å². The first-order valence-electron chi connectivity index (χ1n) is 2.64. The normalized spacial score (nSPS) is 9.22. The van der Waals surface area contributed by atoms with E-state index in [0.29, 0.717) is 0 Å². The zero-order chi connectivity index (χ0) is 7.44. The highest BCUT2D eigenvalue weighted by molar-refractivity contribution is 6.34. The molecule has 52 valence electrons. The third-order valence-corrected chi connectivity index (χ3v) is 0.644. The van der Waals surface area contributed by atoms with Crippen molar-refractivity contribution in [2.45, 2.75) is 19.9 Å². The fourth-order valence-corrected chi connectivity index (χ4v) is 0.333. The highest BCUT2D eigenvalue weighted by Gasteiger charge is 2.07. The van der Waals surface area contributed by atoms with E-state index >= 15 is 0 Å². The van der Waals surface area contributed by atoms with Crippen LogP contribution in [-0.2, 0) is 9.59 Å². The highest BCUT2D eigenvalue weighted by atomic mass is 16.2. The van der Waals surface area contributed by atoms with Gasteiger partial charge in [-0.2, -0.15) is 0 Å². The summed E-state index contributed by atoms with van der Waals surface area (Å²) in [6.45, 7) is 3.50. The SMILES string of the molecule is CC(C)NC(=O)C(N)=O. The van der Waals surface area contributed by atoms with Gasteiger partial charge in [-0.25, -0.2) is 0 Å². The van der Waals surface area contributed by atoms with Crippen molar-refractivity contribution in [2.75, 3.05) is 0 Å². The third kappa shape index (κ3) is 3.52. The molecule has 0 unspecified atom stereocenters. The van der Waals surface area contributed by atoms with Gasteiger partial charge in [-0.15, -0.1) is 0 Å². The maximum absolute atomic E-state index is 10.4. The summed E-state index contributed by atoms with van der Waals surface area (Å²) in [7, 11) is 0. The van der Waals surface area contributed by atoms with Gasteiger partial charge in [0.05, 0.1) is 0 Å². The van der Waals surface area contributed by atoms with Gasteiger partial charge in [-0.1, -0.05) is 0 Å². The van der Waals surface area contributed by atoms with E-state index in [1.54, 1.807) is 13.8 Å². The molecule has 0 aliphatic carbocycles. The van der Waals surface area contributed by atoms with Gasteiger partial charge in [0.1, 0.15) is 0 Å². The lowest BCUT2D eigenvalue weighted by atomic mass is 10.4. The Bertz CT molecular complexity index is 131. The smallest absolute Gasteiger partial charge is 0.309 e. The largest absolute Gasteiger partial charge is 0.361 e. The maximum atomic E-state index is 10.4. The second-order valence-electron chi connectivity index (χ2n) is 1.99. The Labute approximate surface area is 53.4 Å². The van der Waals surface area contributed by atoms with Crippen molar-refractivity contribution in [2.24, 2.45) is 5.73 Å². The van der Waals surface area contributed by atoms with Gasteiger partial charge in [0.25, 0.3) is 0 Å². The second-order valence-corrected chi connectivity index (χ2v) is 1.99. The van der Waals surface area contributed by atoms with Gasteiger partial charge < -0.3 is 11.1 Å². The van der Waals surface area contributed by atoms with Crippen molar-refractivity contribution in [3.8, 4) is 0 Å². The Kier molecular flexibility index (Phi) is 2.70. The van der Waals surface area contributed by atoms with Crippen LogP contribution in [0.2, 0.25) is 0 Å². The number of carbonyl (C=O) groups is 2. The van der Waals surface area contributed by atoms with Crippen molar-refractivity contribution in [3.63, 3.8) is 0 Å². The van der Waals surface area contributed by atoms with E-state index in [-0.39, 0.29) is 6.04 Å². The van der Waals surface area contributed by atoms with Crippen LogP contribution in [0.25, 0.3) is 0 Å². The second kappa shape index (κ2) is 3.06. The summed E-state index contributed by atoms with van der Waals surface area (Å²) < 4.78 is 0. The molecule has 0 atom stereocenters. The number of nitrogens with two attached hydrogens (primary N) is 1. The highest BCUT2D eigenvalue weighted by Crippen LogP contribution is 1.74. The molecule has 0 aromatic carbocycles. The van der Waals surface area contributed by atoms with E-state index < -0.39 is 11.8 Å². The summed E-state index contributed by atoms with van der Waals surface area (Å²) in [4.78, 5) is 20.4. The summed E-state index contributed by atoms with van der Waals surface area (Å²) in [5.41, 5.74) is 4.63. The summed E-state index contributed by atoms with van der Waals surface area (Å²) in [6.07, 6.45) is 0. The van der Waals surface area contributed by atoms with Crippen LogP contribution in [-0.4, -0.2) is 17.9 Å². The monoisotopic (exact) mass is 130 g/mol. The summed E-state index contributed by atoms with van der Waals surface area (Å²) >= 11 is 0. The van der Waals surface area contributed by atoms with E-state index in [9.17, 15) is 9.59 Å². The molecule has 0 heterocycles. The summed E-state index contributed by atoms with van der Waals surface area (Å²) in [6, 6.07) is -0.0370. The Morgan fingerprint density at radius 1 is 1.44 bits per heavy atom. The predicted octanol–water partition coefficient (Wildman–Crippen LogP) is -1.00. The van der Waals surface area contributed by atoms with Crippen molar-refractivity contribution < 1.29 is 9.59 Å². The minimum atomic E-state index is -0.941. The lowest BCUT2D eigenvalue weighted by molar-refractivity contribution is -0.137. The van der Waals surface area contributed by atoms with Gasteiger partial charge in [0, 0.05) is 6.04 Å². The van der Waals surface area contributed by atoms with Gasteiger partial charge in [0.2, 0.25) is 0 Å². The molecule has 0 spiro atoms. The van der Waals surface area contributed by atoms with Crippen LogP contribution in [0.15, 0.2) is 0 Å². The Hall–Kier alpha value is -1.06. The van der Waals surface area contributed by atoms with Gasteiger partial charge >= 0.3 is 11.8 Å². The molecule has 0 saturated heterocycles. The molecule has 4 heteroatoms. The average molecular weight is 130 g/mol. The van der Waals surface area contributed by atoms with Crippen LogP contribution in [0.5, 0.6) is 0 Å². The first-order valence-corrected chi connectivity index (χ1v) is 2.64. The van der Waals surface area contributed by atoms with Crippen molar-refractivity contribution >= 4 is 11.8 Å². The van der Waals surface area contributed by atoms with Gasteiger partial charge in [-0.05, 0) is 13.8 Å². The number of rotatable bonds is 1. The number of hydrogen-bond acceptors (Lipinski definition) is 2. The van der Waals surface area contributed by atoms with Crippen LogP contribution >= 0.6 is 0 Å². The maximum Gasteiger partial charge on any atom is 0.309 e. The molecular formula is C5H10N2O2. The molecule has 0 saturated carbocycles. The average Bonchev–Trinajstić information content (AvgIpc) is 1.63. The molecule has 0 rings (SSSR count). The Balaban J connectivity index is 3.65. The van der Waals surface area contributed by atoms with Crippen molar-refractivity contribution in [1.82, 2.24) is 5.32 Å². The van der Waals surface area contributed by atoms with Crippen LogP contribution in [0.1, 0.15) is 13.8 Å². The van der Waals surface area contributed by atoms with Crippen LogP contribution in [0.3, 0.4) is 0 Å². The zero-order valence-corrected chi connectivity index (χ0v) is 5.47. The standard InChI is InChI=1S/C5H10N2O2/c1-3(2)7-5(9)4(6)8/h3H,1-2H3,(H2,6,8)(H,7,9). The van der Waals surface area contributed by atoms with Crippen LogP contribution in [0, 0.1) is 0 Å². The minimum Gasteiger partial charge on any atom is -0.361 e. The van der Waals surface area contributed by atoms with Gasteiger partial charge in [-0.3, -0.25) is 9.59 Å². The summed E-state index contributed by atoms with van der Waals surface area (Å²) in [5.74, 6) is -1.67. The number of amides is 2. The van der Waals surface area contributed by atoms with E-state index in [0.717, 1.165) is 0 Å². The molecule has 3 N–H and O–H groups in total. The molecule has 2 amide bonds. The zero-order valence-electron chi connectivity index (χ0n) is 5.47. The molecule has 0 aromatic rings. The van der Waals surface area contributed by atoms with Crippen LogP contribution in [0.4, 0.5) is 0 Å². The van der Waals surface area contributed by atoms with E-state index in [1.807, 2.05) is 0 Å². The summed E-state index contributed by atoms with van der Waals surface area (Å²) in [5, 5.41) is 2.33. The lowest BCUT2D eigenvalue weighted by Gasteiger charge is -2.03. The molecule has 0 aliphatic rings. The molecule has 0 aliphatic heterocycles. The fraction of sp³-hybridized carbons (Fsp3) is 0.600. The third-order valence-electron chi connectivity index (χ3n) is 0.644. The quantitative estimate of drug-likeness (QED) is 0.447. The molecule has 0 bridgehead atoms. The molecule has 9 heavy (non-hydrogen) atoms. The Morgan fingerprint density at radius 2 is 1.89 bits per heavy atom. The number of hydrogen-bond donors (Lipinski definition) is 2. The molecule has 0 radical (unpaired) electrons. The topological polar surface area (TPSA) is 72.2 Å². The van der Waals surface area contributed by atoms with Crippen molar-refractivity contribution in [1.29, 1.82) is 0 Å². The van der Waals surface area contributed by atoms with E-state index in [1.165, 1.54) is 0 Å². The van der Waals surface area contributed by atoms with E-state index in [2.05, 4.69) is 11.1 Å². The molecule has 0 aromatic heterocycles. The number of primary amides is 1. The number of carbonyl (C=O) groups excluding carboxylic acids is 2. The first kappa shape index (κ1) is 7.94. The van der Waals surface area contributed by atoms with Crippen molar-refractivity contribution in [3.05, 3.63) is 0 Å².